The maximum Gasteiger partial charge on any atom is 0.209 e. The minimum atomic E-state index is -3.38. The van der Waals surface area contributed by atoms with Crippen LogP contribution < -0.4 is 10.5 Å². The molecule has 33 heavy (non-hydrogen) atoms. The van der Waals surface area contributed by atoms with Crippen molar-refractivity contribution in [1.29, 1.82) is 0 Å². The summed E-state index contributed by atoms with van der Waals surface area (Å²) in [6.07, 6.45) is 3.50. The Morgan fingerprint density at radius 3 is 2.42 bits per heavy atom. The van der Waals surface area contributed by atoms with E-state index in [0.29, 0.717) is 24.3 Å². The highest BCUT2D eigenvalue weighted by Crippen LogP contribution is 2.33. The second-order valence-corrected chi connectivity index (χ2v) is 10.7. The van der Waals surface area contributed by atoms with Gasteiger partial charge in [-0.2, -0.15) is 0 Å². The second-order valence-electron chi connectivity index (χ2n) is 8.94. The molecule has 0 spiro atoms. The summed E-state index contributed by atoms with van der Waals surface area (Å²) in [4.78, 5) is 9.52. The van der Waals surface area contributed by atoms with Gasteiger partial charge in [0.15, 0.2) is 5.82 Å². The number of nitrogens with two attached hydrogens (primary N) is 1. The van der Waals surface area contributed by atoms with Gasteiger partial charge in [-0.05, 0) is 37.0 Å². The molecule has 1 atom stereocenters. The molecule has 0 bridgehead atoms. The number of fused-ring (bicyclic) bond motifs is 3. The van der Waals surface area contributed by atoms with Crippen LogP contribution in [-0.4, -0.2) is 34.7 Å². The standard InChI is InChI=1S/C25H31N5O2S/c1-5-10-21-28-22-23(30(21)16-25(3,6-2)29-33(4,31)32)19-14-13-18(15-20(19)27-24(22)26)17-11-8-7-9-12-17/h7-9,11-15,29H,5-6,10,16H2,1-4H3,(H2,26,27). The summed E-state index contributed by atoms with van der Waals surface area (Å²) in [5.74, 6) is 1.27. The minimum Gasteiger partial charge on any atom is -0.382 e. The molecule has 4 rings (SSSR count). The third kappa shape index (κ3) is 4.72. The molecule has 0 aliphatic carbocycles. The van der Waals surface area contributed by atoms with Crippen LogP contribution in [0.4, 0.5) is 5.82 Å². The van der Waals surface area contributed by atoms with Gasteiger partial charge in [-0.1, -0.05) is 56.3 Å². The number of aromatic nitrogens is 3. The molecule has 2 heterocycles. The van der Waals surface area contributed by atoms with E-state index >= 15 is 0 Å². The molecule has 0 amide bonds. The molecule has 0 saturated carbocycles. The molecule has 174 valence electrons. The Kier molecular flexibility index (Phi) is 6.16. The molecule has 0 radical (unpaired) electrons. The second kappa shape index (κ2) is 8.76. The van der Waals surface area contributed by atoms with Gasteiger partial charge in [0.05, 0.1) is 17.3 Å². The van der Waals surface area contributed by atoms with Gasteiger partial charge in [-0.15, -0.1) is 0 Å². The number of aryl methyl sites for hydroxylation is 1. The Bertz CT molecular complexity index is 1410. The van der Waals surface area contributed by atoms with Crippen molar-refractivity contribution in [3.63, 3.8) is 0 Å². The highest BCUT2D eigenvalue weighted by molar-refractivity contribution is 7.88. The molecule has 0 fully saturated rings. The van der Waals surface area contributed by atoms with Crippen molar-refractivity contribution in [3.8, 4) is 11.1 Å². The molecule has 0 saturated heterocycles. The Morgan fingerprint density at radius 1 is 1.06 bits per heavy atom. The lowest BCUT2D eigenvalue weighted by molar-refractivity contribution is 0.346. The van der Waals surface area contributed by atoms with Gasteiger partial charge in [0.1, 0.15) is 11.3 Å². The fraction of sp³-hybridized carbons (Fsp3) is 0.360. The summed E-state index contributed by atoms with van der Waals surface area (Å²) in [6, 6.07) is 16.3. The summed E-state index contributed by atoms with van der Waals surface area (Å²) in [7, 11) is -3.38. The number of nitrogens with zero attached hydrogens (tertiary/aromatic N) is 3. The van der Waals surface area contributed by atoms with Crippen LogP contribution >= 0.6 is 0 Å². The number of nitrogen functional groups attached to an aromatic ring is 1. The van der Waals surface area contributed by atoms with E-state index in [4.69, 9.17) is 10.7 Å². The van der Waals surface area contributed by atoms with Crippen LogP contribution in [0, 0.1) is 0 Å². The Morgan fingerprint density at radius 2 is 1.79 bits per heavy atom. The molecule has 0 aliphatic heterocycles. The zero-order valence-corrected chi connectivity index (χ0v) is 20.4. The van der Waals surface area contributed by atoms with Crippen LogP contribution in [-0.2, 0) is 23.0 Å². The monoisotopic (exact) mass is 465 g/mol. The fourth-order valence-electron chi connectivity index (χ4n) is 4.37. The normalized spacial score (nSPS) is 14.1. The molecular formula is C25H31N5O2S. The fourth-order valence-corrected chi connectivity index (χ4v) is 5.47. The first-order valence-corrected chi connectivity index (χ1v) is 13.2. The van der Waals surface area contributed by atoms with E-state index in [1.54, 1.807) is 0 Å². The number of rotatable bonds is 8. The van der Waals surface area contributed by atoms with E-state index < -0.39 is 15.6 Å². The van der Waals surface area contributed by atoms with Crippen molar-refractivity contribution in [2.24, 2.45) is 0 Å². The molecule has 0 aliphatic rings. The van der Waals surface area contributed by atoms with Gasteiger partial charge >= 0.3 is 0 Å². The molecule has 7 nitrogen and oxygen atoms in total. The summed E-state index contributed by atoms with van der Waals surface area (Å²) in [5.41, 5.74) is 10.2. The topological polar surface area (TPSA) is 103 Å². The van der Waals surface area contributed by atoms with Gasteiger partial charge in [0.2, 0.25) is 10.0 Å². The van der Waals surface area contributed by atoms with Gasteiger partial charge in [-0.25, -0.2) is 23.1 Å². The van der Waals surface area contributed by atoms with Crippen molar-refractivity contribution in [3.05, 3.63) is 54.4 Å². The molecule has 2 aromatic heterocycles. The largest absolute Gasteiger partial charge is 0.382 e. The van der Waals surface area contributed by atoms with Gasteiger partial charge in [-0.3, -0.25) is 0 Å². The van der Waals surface area contributed by atoms with E-state index in [-0.39, 0.29) is 0 Å². The van der Waals surface area contributed by atoms with Crippen molar-refractivity contribution in [1.82, 2.24) is 19.3 Å². The minimum absolute atomic E-state index is 0.382. The van der Waals surface area contributed by atoms with Crippen LogP contribution in [0.3, 0.4) is 0 Å². The van der Waals surface area contributed by atoms with Crippen molar-refractivity contribution in [2.75, 3.05) is 12.0 Å². The molecular weight excluding hydrogens is 434 g/mol. The average Bonchev–Trinajstić information content (AvgIpc) is 3.11. The number of imidazole rings is 1. The number of hydrogen-bond acceptors (Lipinski definition) is 5. The van der Waals surface area contributed by atoms with E-state index in [9.17, 15) is 8.42 Å². The lowest BCUT2D eigenvalue weighted by Crippen LogP contribution is -2.48. The molecule has 4 aromatic rings. The zero-order valence-electron chi connectivity index (χ0n) is 19.6. The Labute approximate surface area is 195 Å². The first kappa shape index (κ1) is 23.2. The number of pyridine rings is 1. The van der Waals surface area contributed by atoms with E-state index in [1.165, 1.54) is 6.26 Å². The van der Waals surface area contributed by atoms with Crippen molar-refractivity contribution < 1.29 is 8.42 Å². The van der Waals surface area contributed by atoms with Crippen LogP contribution in [0.25, 0.3) is 33.1 Å². The van der Waals surface area contributed by atoms with E-state index in [0.717, 1.165) is 46.2 Å². The Hall–Kier alpha value is -2.97. The third-order valence-corrected chi connectivity index (χ3v) is 6.95. The summed E-state index contributed by atoms with van der Waals surface area (Å²) in [6.45, 7) is 6.46. The predicted octanol–water partition coefficient (Wildman–Crippen LogP) is 4.50. The van der Waals surface area contributed by atoms with Crippen LogP contribution in [0.2, 0.25) is 0 Å². The quantitative estimate of drug-likeness (QED) is 0.399. The lowest BCUT2D eigenvalue weighted by Gasteiger charge is -2.30. The smallest absolute Gasteiger partial charge is 0.209 e. The van der Waals surface area contributed by atoms with E-state index in [1.807, 2.05) is 38.1 Å². The number of hydrogen-bond donors (Lipinski definition) is 2. The van der Waals surface area contributed by atoms with Crippen LogP contribution in [0.5, 0.6) is 0 Å². The number of sulfonamides is 1. The highest BCUT2D eigenvalue weighted by atomic mass is 32.2. The summed E-state index contributed by atoms with van der Waals surface area (Å²) in [5, 5.41) is 0.951. The van der Waals surface area contributed by atoms with Gasteiger partial charge < -0.3 is 10.3 Å². The Balaban J connectivity index is 1.95. The first-order chi connectivity index (χ1) is 15.6. The molecule has 8 heteroatoms. The van der Waals surface area contributed by atoms with Crippen LogP contribution in [0.15, 0.2) is 48.5 Å². The zero-order chi connectivity index (χ0) is 23.8. The SMILES string of the molecule is CCCc1nc2c(N)nc3cc(-c4ccccc4)ccc3c2n1CC(C)(CC)NS(C)(=O)=O. The highest BCUT2D eigenvalue weighted by Gasteiger charge is 2.29. The maximum absolute atomic E-state index is 12.1. The molecule has 3 N–H and O–H groups in total. The maximum atomic E-state index is 12.1. The predicted molar refractivity (Wildman–Crippen MR) is 136 cm³/mol. The summed E-state index contributed by atoms with van der Waals surface area (Å²) >= 11 is 0. The average molecular weight is 466 g/mol. The molecule has 1 unspecified atom stereocenters. The van der Waals surface area contributed by atoms with Crippen molar-refractivity contribution >= 4 is 37.8 Å². The molecule has 2 aromatic carbocycles. The van der Waals surface area contributed by atoms with Gasteiger partial charge in [0, 0.05) is 23.9 Å². The third-order valence-electron chi connectivity index (χ3n) is 6.08. The van der Waals surface area contributed by atoms with Crippen molar-refractivity contribution in [2.45, 2.75) is 52.1 Å². The van der Waals surface area contributed by atoms with Gasteiger partial charge in [0.25, 0.3) is 0 Å². The van der Waals surface area contributed by atoms with E-state index in [2.05, 4.69) is 45.5 Å². The number of anilines is 1. The first-order valence-electron chi connectivity index (χ1n) is 11.3. The number of benzene rings is 2. The number of nitrogens with one attached hydrogen (secondary N) is 1. The van der Waals surface area contributed by atoms with Crippen LogP contribution in [0.1, 0.15) is 39.4 Å². The lowest BCUT2D eigenvalue weighted by atomic mass is 9.99. The summed E-state index contributed by atoms with van der Waals surface area (Å²) < 4.78 is 29.1.